The van der Waals surface area contributed by atoms with E-state index in [4.69, 9.17) is 10.8 Å². The first-order valence-corrected chi connectivity index (χ1v) is 6.19. The molecule has 0 radical (unpaired) electrons. The van der Waals surface area contributed by atoms with E-state index in [0.717, 1.165) is 11.2 Å². The van der Waals surface area contributed by atoms with Crippen LogP contribution in [0, 0.1) is 5.92 Å². The minimum atomic E-state index is -3.49. The van der Waals surface area contributed by atoms with E-state index in [2.05, 4.69) is 4.18 Å². The van der Waals surface area contributed by atoms with Crippen LogP contribution in [0.25, 0.3) is 0 Å². The Hall–Kier alpha value is -0.860. The fraction of sp³-hybridized carbons (Fsp3) is 0.857. The number of carbonyl (C=O) groups is 1. The average Bonchev–Trinajstić information content (AvgIpc) is 2.42. The molecule has 1 saturated heterocycles. The Labute approximate surface area is 87.9 Å². The summed E-state index contributed by atoms with van der Waals surface area (Å²) in [4.78, 5) is 11.8. The highest BCUT2D eigenvalue weighted by atomic mass is 32.2. The van der Waals surface area contributed by atoms with Crippen molar-refractivity contribution in [2.24, 2.45) is 11.7 Å². The number of nitrogens with zero attached hydrogens (tertiary/aromatic N) is 1. The van der Waals surface area contributed by atoms with E-state index in [1.807, 2.05) is 0 Å². The van der Waals surface area contributed by atoms with Gasteiger partial charge in [0.05, 0.1) is 12.9 Å². The molecule has 0 aromatic rings. The Morgan fingerprint density at radius 1 is 1.60 bits per heavy atom. The number of likely N-dealkylation sites (tertiary alicyclic amines) is 1. The van der Waals surface area contributed by atoms with Gasteiger partial charge in [0.1, 0.15) is 0 Å². The maximum atomic E-state index is 10.7. The summed E-state index contributed by atoms with van der Waals surface area (Å²) in [5.74, 6) is -0.268. The van der Waals surface area contributed by atoms with Crippen molar-refractivity contribution < 1.29 is 22.5 Å². The average molecular weight is 238 g/mol. The fourth-order valence-corrected chi connectivity index (χ4v) is 1.86. The molecule has 15 heavy (non-hydrogen) atoms. The van der Waals surface area contributed by atoms with Gasteiger partial charge in [0.15, 0.2) is 0 Å². The van der Waals surface area contributed by atoms with Crippen molar-refractivity contribution in [3.8, 4) is 0 Å². The smallest absolute Gasteiger partial charge is 0.407 e. The molecule has 0 aromatic heterocycles. The van der Waals surface area contributed by atoms with Gasteiger partial charge in [-0.3, -0.25) is 4.18 Å². The summed E-state index contributed by atoms with van der Waals surface area (Å²) in [6.45, 7) is 0.364. The van der Waals surface area contributed by atoms with E-state index in [1.54, 1.807) is 0 Å². The summed E-state index contributed by atoms with van der Waals surface area (Å²) in [5.41, 5.74) is 5.66. The summed E-state index contributed by atoms with van der Waals surface area (Å²) >= 11 is 0. The lowest BCUT2D eigenvalue weighted by Crippen LogP contribution is -2.33. The second-order valence-corrected chi connectivity index (χ2v) is 5.24. The van der Waals surface area contributed by atoms with E-state index in [-0.39, 0.29) is 31.7 Å². The summed E-state index contributed by atoms with van der Waals surface area (Å²) in [6.07, 6.45) is -0.102. The lowest BCUT2D eigenvalue weighted by molar-refractivity contribution is 0.152. The molecule has 0 bridgehead atoms. The highest BCUT2D eigenvalue weighted by Crippen LogP contribution is 2.16. The van der Waals surface area contributed by atoms with Gasteiger partial charge in [-0.05, 0) is 0 Å². The molecule has 1 fully saturated rings. The lowest BCUT2D eigenvalue weighted by atomic mass is 10.1. The van der Waals surface area contributed by atoms with Crippen LogP contribution in [0.5, 0.6) is 0 Å². The van der Waals surface area contributed by atoms with E-state index < -0.39 is 16.2 Å². The van der Waals surface area contributed by atoms with Crippen LogP contribution in [0.1, 0.15) is 0 Å². The number of nitrogens with two attached hydrogens (primary N) is 1. The van der Waals surface area contributed by atoms with Gasteiger partial charge in [-0.25, -0.2) is 4.79 Å². The molecule has 2 atom stereocenters. The first-order chi connectivity index (χ1) is 6.79. The van der Waals surface area contributed by atoms with Gasteiger partial charge in [0.25, 0.3) is 10.1 Å². The highest BCUT2D eigenvalue weighted by Gasteiger charge is 2.33. The molecular formula is C7H14N2O5S. The number of hydrogen-bond acceptors (Lipinski definition) is 5. The number of amides is 1. The third-order valence-electron chi connectivity index (χ3n) is 2.26. The van der Waals surface area contributed by atoms with Crippen LogP contribution in [0.4, 0.5) is 4.79 Å². The topological polar surface area (TPSA) is 110 Å². The predicted octanol–water partition coefficient (Wildman–Crippen LogP) is -1.10. The quantitative estimate of drug-likeness (QED) is 0.604. The SMILES string of the molecule is CS(=O)(=O)OCC1CN(C(=O)O)CC1N. The normalized spacial score (nSPS) is 26.9. The lowest BCUT2D eigenvalue weighted by Gasteiger charge is -2.12. The van der Waals surface area contributed by atoms with Crippen LogP contribution in [0.2, 0.25) is 0 Å². The molecule has 0 aliphatic carbocycles. The number of carboxylic acid groups (broad SMARTS) is 1. The molecule has 2 unspecified atom stereocenters. The van der Waals surface area contributed by atoms with Crippen molar-refractivity contribution in [3.05, 3.63) is 0 Å². The van der Waals surface area contributed by atoms with Gasteiger partial charge < -0.3 is 15.7 Å². The van der Waals surface area contributed by atoms with Crippen molar-refractivity contribution in [1.29, 1.82) is 0 Å². The van der Waals surface area contributed by atoms with Crippen molar-refractivity contribution in [3.63, 3.8) is 0 Å². The van der Waals surface area contributed by atoms with Gasteiger partial charge in [-0.2, -0.15) is 8.42 Å². The molecule has 0 spiro atoms. The Morgan fingerprint density at radius 3 is 2.60 bits per heavy atom. The summed E-state index contributed by atoms with van der Waals surface area (Å²) in [6, 6.07) is -0.372. The van der Waals surface area contributed by atoms with Gasteiger partial charge in [-0.1, -0.05) is 0 Å². The minimum absolute atomic E-state index is 0.0657. The molecule has 8 heteroatoms. The Balaban J connectivity index is 2.48. The second kappa shape index (κ2) is 4.33. The predicted molar refractivity (Wildman–Crippen MR) is 51.9 cm³/mol. The monoisotopic (exact) mass is 238 g/mol. The van der Waals surface area contributed by atoms with Gasteiger partial charge in [0.2, 0.25) is 0 Å². The largest absolute Gasteiger partial charge is 0.465 e. The molecule has 1 aliphatic rings. The third kappa shape index (κ3) is 3.65. The van der Waals surface area contributed by atoms with Gasteiger partial charge >= 0.3 is 6.09 Å². The number of rotatable bonds is 3. The third-order valence-corrected chi connectivity index (χ3v) is 2.82. The van der Waals surface area contributed by atoms with Gasteiger partial charge in [-0.15, -0.1) is 0 Å². The summed E-state index contributed by atoms with van der Waals surface area (Å²) in [7, 11) is -3.49. The highest BCUT2D eigenvalue weighted by molar-refractivity contribution is 7.85. The van der Waals surface area contributed by atoms with Crippen LogP contribution >= 0.6 is 0 Å². The second-order valence-electron chi connectivity index (χ2n) is 3.60. The Kier molecular flexibility index (Phi) is 3.53. The van der Waals surface area contributed by atoms with E-state index in [0.29, 0.717) is 0 Å². The zero-order chi connectivity index (χ0) is 11.6. The standard InChI is InChI=1S/C7H14N2O5S/c1-15(12,13)14-4-5-2-9(7(10)11)3-6(5)8/h5-6H,2-4,8H2,1H3,(H,10,11). The summed E-state index contributed by atoms with van der Waals surface area (Å²) < 4.78 is 26.0. The Bertz CT molecular complexity index is 341. The molecule has 1 aliphatic heterocycles. The maximum Gasteiger partial charge on any atom is 0.407 e. The Morgan fingerprint density at radius 2 is 2.20 bits per heavy atom. The van der Waals surface area contributed by atoms with Crippen LogP contribution < -0.4 is 5.73 Å². The first kappa shape index (κ1) is 12.2. The number of hydrogen-bond donors (Lipinski definition) is 2. The van der Waals surface area contributed by atoms with Crippen molar-refractivity contribution in [1.82, 2.24) is 4.90 Å². The fourth-order valence-electron chi connectivity index (χ4n) is 1.44. The zero-order valence-corrected chi connectivity index (χ0v) is 9.11. The molecular weight excluding hydrogens is 224 g/mol. The van der Waals surface area contributed by atoms with Crippen molar-refractivity contribution >= 4 is 16.2 Å². The summed E-state index contributed by atoms with van der Waals surface area (Å²) in [5, 5.41) is 8.69. The molecule has 0 saturated carbocycles. The molecule has 3 N–H and O–H groups in total. The molecule has 1 amide bonds. The van der Waals surface area contributed by atoms with Crippen LogP contribution in [0.3, 0.4) is 0 Å². The van der Waals surface area contributed by atoms with Gasteiger partial charge in [0, 0.05) is 25.0 Å². The van der Waals surface area contributed by atoms with Crippen LogP contribution in [0.15, 0.2) is 0 Å². The molecule has 88 valence electrons. The first-order valence-electron chi connectivity index (χ1n) is 4.37. The van der Waals surface area contributed by atoms with E-state index in [1.165, 1.54) is 0 Å². The van der Waals surface area contributed by atoms with Crippen LogP contribution in [-0.2, 0) is 14.3 Å². The van der Waals surface area contributed by atoms with E-state index in [9.17, 15) is 13.2 Å². The molecule has 1 heterocycles. The molecule has 7 nitrogen and oxygen atoms in total. The van der Waals surface area contributed by atoms with Crippen LogP contribution in [-0.4, -0.2) is 56.5 Å². The van der Waals surface area contributed by atoms with Crippen molar-refractivity contribution in [2.45, 2.75) is 6.04 Å². The van der Waals surface area contributed by atoms with E-state index >= 15 is 0 Å². The zero-order valence-electron chi connectivity index (χ0n) is 8.29. The van der Waals surface area contributed by atoms with Crippen molar-refractivity contribution in [2.75, 3.05) is 26.0 Å². The minimum Gasteiger partial charge on any atom is -0.465 e. The molecule has 1 rings (SSSR count). The maximum absolute atomic E-state index is 10.7. The molecule has 0 aromatic carbocycles.